The number of fused-ring (bicyclic) bond motifs is 1. The smallest absolute Gasteiger partial charge is 0.0506 e. The zero-order valence-corrected chi connectivity index (χ0v) is 18.0. The van der Waals surface area contributed by atoms with Crippen LogP contribution in [0, 0.1) is 5.92 Å². The first kappa shape index (κ1) is 19.2. The molecule has 0 spiro atoms. The summed E-state index contributed by atoms with van der Waals surface area (Å²) < 4.78 is 2.34. The zero-order chi connectivity index (χ0) is 19.7. The van der Waals surface area contributed by atoms with Crippen molar-refractivity contribution >= 4 is 33.8 Å². The van der Waals surface area contributed by atoms with Gasteiger partial charge >= 0.3 is 0 Å². The molecule has 1 atom stereocenters. The molecule has 3 nitrogen and oxygen atoms in total. The van der Waals surface area contributed by atoms with Crippen LogP contribution < -0.4 is 0 Å². The Labute approximate surface area is 175 Å². The number of hydrogen-bond donors (Lipinski definition) is 0. The van der Waals surface area contributed by atoms with E-state index in [9.17, 15) is 0 Å². The van der Waals surface area contributed by atoms with Gasteiger partial charge in [0.2, 0.25) is 0 Å². The quantitative estimate of drug-likeness (QED) is 0.373. The molecule has 3 aromatic heterocycles. The molecule has 0 amide bonds. The van der Waals surface area contributed by atoms with Crippen LogP contribution >= 0.6 is 22.9 Å². The first-order valence-electron chi connectivity index (χ1n) is 9.43. The summed E-state index contributed by atoms with van der Waals surface area (Å²) >= 11 is 8.35. The van der Waals surface area contributed by atoms with Gasteiger partial charge < -0.3 is 9.47 Å². The lowest BCUT2D eigenvalue weighted by Crippen LogP contribution is -2.22. The van der Waals surface area contributed by atoms with E-state index in [1.807, 2.05) is 24.5 Å². The highest BCUT2D eigenvalue weighted by Gasteiger charge is 2.16. The van der Waals surface area contributed by atoms with Crippen LogP contribution in [0.3, 0.4) is 0 Å². The molecule has 4 aromatic rings. The Morgan fingerprint density at radius 1 is 1.14 bits per heavy atom. The summed E-state index contributed by atoms with van der Waals surface area (Å²) in [4.78, 5) is 6.74. The van der Waals surface area contributed by atoms with E-state index in [0.717, 1.165) is 40.2 Å². The maximum Gasteiger partial charge on any atom is 0.0506 e. The minimum absolute atomic E-state index is 0.535. The molecule has 0 radical (unpaired) electrons. The lowest BCUT2D eigenvalue weighted by Gasteiger charge is -2.18. The molecular formula is C23H24ClN3S. The van der Waals surface area contributed by atoms with Crippen molar-refractivity contribution in [1.82, 2.24) is 14.5 Å². The Morgan fingerprint density at radius 2 is 1.96 bits per heavy atom. The summed E-state index contributed by atoms with van der Waals surface area (Å²) in [5.41, 5.74) is 5.75. The molecule has 0 saturated carbocycles. The van der Waals surface area contributed by atoms with Gasteiger partial charge in [0.05, 0.1) is 10.5 Å². The minimum Gasteiger partial charge on any atom is -0.346 e. The Morgan fingerprint density at radius 3 is 2.71 bits per heavy atom. The van der Waals surface area contributed by atoms with Crippen LogP contribution in [0.25, 0.3) is 33.2 Å². The molecule has 1 aromatic carbocycles. The predicted octanol–water partition coefficient (Wildman–Crippen LogP) is 6.28. The molecule has 0 N–H and O–H groups in total. The van der Waals surface area contributed by atoms with Crippen molar-refractivity contribution in [3.63, 3.8) is 0 Å². The largest absolute Gasteiger partial charge is 0.346 e. The molecule has 0 aliphatic heterocycles. The standard InChI is InChI=1S/C23H24ClN3S/c1-16(12-26(2)3)13-27-14-20(23-21(24)5-4-6-22(23)27)19-9-18(10-25-11-19)17-7-8-28-15-17/h4-11,14-16H,12-13H2,1-3H3. The van der Waals surface area contributed by atoms with Crippen molar-refractivity contribution in [1.29, 1.82) is 0 Å². The van der Waals surface area contributed by atoms with Gasteiger partial charge in [-0.1, -0.05) is 24.6 Å². The maximum absolute atomic E-state index is 6.65. The van der Waals surface area contributed by atoms with Gasteiger partial charge in [0.25, 0.3) is 0 Å². The normalized spacial score (nSPS) is 12.8. The van der Waals surface area contributed by atoms with Gasteiger partial charge in [-0.05, 0) is 60.6 Å². The number of rotatable bonds is 6. The fourth-order valence-electron chi connectivity index (χ4n) is 3.87. The summed E-state index contributed by atoms with van der Waals surface area (Å²) in [7, 11) is 4.24. The molecule has 0 aliphatic carbocycles. The number of halogens is 1. The molecule has 0 bridgehead atoms. The van der Waals surface area contributed by atoms with Crippen molar-refractivity contribution in [3.8, 4) is 22.3 Å². The van der Waals surface area contributed by atoms with Gasteiger partial charge in [0.1, 0.15) is 0 Å². The Kier molecular flexibility index (Phi) is 5.54. The monoisotopic (exact) mass is 409 g/mol. The Hall–Kier alpha value is -2.14. The van der Waals surface area contributed by atoms with E-state index in [-0.39, 0.29) is 0 Å². The minimum atomic E-state index is 0.535. The SMILES string of the molecule is CC(CN(C)C)Cn1cc(-c2cncc(-c3ccsc3)c2)c2c(Cl)cccc21. The van der Waals surface area contributed by atoms with E-state index in [0.29, 0.717) is 5.92 Å². The molecule has 28 heavy (non-hydrogen) atoms. The van der Waals surface area contributed by atoms with E-state index in [1.165, 1.54) is 11.1 Å². The van der Waals surface area contributed by atoms with Gasteiger partial charge in [-0.2, -0.15) is 11.3 Å². The van der Waals surface area contributed by atoms with Crippen LogP contribution in [0.15, 0.2) is 59.7 Å². The maximum atomic E-state index is 6.65. The summed E-state index contributed by atoms with van der Waals surface area (Å²) in [5, 5.41) is 6.13. The number of pyridine rings is 1. The van der Waals surface area contributed by atoms with Gasteiger partial charge in [0.15, 0.2) is 0 Å². The van der Waals surface area contributed by atoms with Crippen LogP contribution in [0.1, 0.15) is 6.92 Å². The average Bonchev–Trinajstić information content (AvgIpc) is 3.31. The number of nitrogens with zero attached hydrogens (tertiary/aromatic N) is 3. The van der Waals surface area contributed by atoms with Crippen molar-refractivity contribution in [2.24, 2.45) is 5.92 Å². The van der Waals surface area contributed by atoms with Crippen molar-refractivity contribution < 1.29 is 0 Å². The summed E-state index contributed by atoms with van der Waals surface area (Å²) in [6, 6.07) is 10.5. The van der Waals surface area contributed by atoms with Gasteiger partial charge in [0, 0.05) is 53.8 Å². The fourth-order valence-corrected chi connectivity index (χ4v) is 4.81. The van der Waals surface area contributed by atoms with Gasteiger partial charge in [-0.25, -0.2) is 0 Å². The van der Waals surface area contributed by atoms with Crippen molar-refractivity contribution in [2.45, 2.75) is 13.5 Å². The molecule has 144 valence electrons. The van der Waals surface area contributed by atoms with E-state index in [2.05, 4.69) is 70.6 Å². The average molecular weight is 410 g/mol. The van der Waals surface area contributed by atoms with E-state index < -0.39 is 0 Å². The lowest BCUT2D eigenvalue weighted by atomic mass is 10.0. The molecule has 0 aliphatic rings. The molecule has 0 saturated heterocycles. The Balaban J connectivity index is 1.80. The molecule has 4 rings (SSSR count). The first-order chi connectivity index (χ1) is 13.5. The van der Waals surface area contributed by atoms with Crippen LogP contribution in [-0.2, 0) is 6.54 Å². The second kappa shape index (κ2) is 8.08. The van der Waals surface area contributed by atoms with E-state index in [4.69, 9.17) is 11.6 Å². The third-order valence-corrected chi connectivity index (χ3v) is 5.94. The molecule has 0 fully saturated rings. The Bertz CT molecular complexity index is 1080. The fraction of sp³-hybridized carbons (Fsp3) is 0.261. The summed E-state index contributed by atoms with van der Waals surface area (Å²) in [6.07, 6.45) is 6.09. The zero-order valence-electron chi connectivity index (χ0n) is 16.4. The highest BCUT2D eigenvalue weighted by atomic mass is 35.5. The van der Waals surface area contributed by atoms with Crippen LogP contribution in [-0.4, -0.2) is 35.1 Å². The highest BCUT2D eigenvalue weighted by molar-refractivity contribution is 7.08. The van der Waals surface area contributed by atoms with Crippen LogP contribution in [0.2, 0.25) is 5.02 Å². The third-order valence-electron chi connectivity index (χ3n) is 4.94. The number of aromatic nitrogens is 2. The van der Waals surface area contributed by atoms with E-state index >= 15 is 0 Å². The number of thiophene rings is 1. The van der Waals surface area contributed by atoms with Crippen LogP contribution in [0.5, 0.6) is 0 Å². The van der Waals surface area contributed by atoms with Crippen molar-refractivity contribution in [3.05, 3.63) is 64.7 Å². The predicted molar refractivity (Wildman–Crippen MR) is 121 cm³/mol. The number of hydrogen-bond acceptors (Lipinski definition) is 3. The lowest BCUT2D eigenvalue weighted by molar-refractivity contribution is 0.318. The molecular weight excluding hydrogens is 386 g/mol. The summed E-state index contributed by atoms with van der Waals surface area (Å²) in [5.74, 6) is 0.535. The molecule has 3 heterocycles. The third kappa shape index (κ3) is 3.86. The highest BCUT2D eigenvalue weighted by Crippen LogP contribution is 2.37. The van der Waals surface area contributed by atoms with Gasteiger partial charge in [-0.3, -0.25) is 4.98 Å². The second-order valence-corrected chi connectivity index (χ2v) is 8.86. The second-order valence-electron chi connectivity index (χ2n) is 7.67. The first-order valence-corrected chi connectivity index (χ1v) is 10.7. The van der Waals surface area contributed by atoms with Crippen molar-refractivity contribution in [2.75, 3.05) is 20.6 Å². The summed E-state index contributed by atoms with van der Waals surface area (Å²) in [6.45, 7) is 4.28. The topological polar surface area (TPSA) is 21.1 Å². The van der Waals surface area contributed by atoms with Crippen LogP contribution in [0.4, 0.5) is 0 Å². The molecule has 5 heteroatoms. The van der Waals surface area contributed by atoms with Gasteiger partial charge in [-0.15, -0.1) is 0 Å². The van der Waals surface area contributed by atoms with E-state index in [1.54, 1.807) is 11.3 Å². The number of benzene rings is 1. The molecule has 1 unspecified atom stereocenters.